The Morgan fingerprint density at radius 2 is 1.74 bits per heavy atom. The normalized spacial score (nSPS) is 12.1. The molecule has 0 radical (unpaired) electrons. The lowest BCUT2D eigenvalue weighted by atomic mass is 9.93. The van der Waals surface area contributed by atoms with E-state index >= 15 is 0 Å². The van der Waals surface area contributed by atoms with Gasteiger partial charge in [-0.05, 0) is 68.1 Å². The van der Waals surface area contributed by atoms with Crippen molar-refractivity contribution in [2.75, 3.05) is 0 Å². The van der Waals surface area contributed by atoms with Gasteiger partial charge in [-0.3, -0.25) is 4.79 Å². The number of amides is 1. The summed E-state index contributed by atoms with van der Waals surface area (Å²) in [7, 11) is 0. The number of carbonyl (C=O) groups excluding carboxylic acids is 1. The monoisotopic (exact) mass is 464 g/mol. The van der Waals surface area contributed by atoms with Crippen molar-refractivity contribution in [3.05, 3.63) is 112 Å². The first-order valence-corrected chi connectivity index (χ1v) is 11.8. The average molecular weight is 465 g/mol. The fourth-order valence-corrected chi connectivity index (χ4v) is 4.69. The first-order chi connectivity index (χ1) is 16.9. The minimum atomic E-state index is -0.215. The Morgan fingerprint density at radius 3 is 2.46 bits per heavy atom. The zero-order chi connectivity index (χ0) is 24.5. The van der Waals surface area contributed by atoms with Gasteiger partial charge in [0.25, 0.3) is 0 Å². The number of nitrogens with one attached hydrogen (secondary N) is 1. The molecular formula is C30H28N2O3. The highest BCUT2D eigenvalue weighted by Gasteiger charge is 2.20. The molecule has 176 valence electrons. The molecule has 2 aromatic heterocycles. The summed E-state index contributed by atoms with van der Waals surface area (Å²) >= 11 is 0. The first-order valence-electron chi connectivity index (χ1n) is 11.8. The number of benzene rings is 3. The predicted molar refractivity (Wildman–Crippen MR) is 137 cm³/mol. The molecule has 2 heterocycles. The maximum absolute atomic E-state index is 13.2. The maximum Gasteiger partial charge on any atom is 0.225 e. The van der Waals surface area contributed by atoms with Crippen molar-refractivity contribution in [1.82, 2.24) is 10.5 Å². The largest absolute Gasteiger partial charge is 0.456 e. The predicted octanol–water partition coefficient (Wildman–Crippen LogP) is 6.77. The SMILES string of the molecule is Cc1ccc(C(NC(=O)Cc2ccc3oc(-c4c(C)noc4C)cc3c2)c2ccccc2)c(C)c1. The van der Waals surface area contributed by atoms with Gasteiger partial charge in [-0.1, -0.05) is 65.3 Å². The van der Waals surface area contributed by atoms with E-state index in [1.165, 1.54) is 5.56 Å². The van der Waals surface area contributed by atoms with Gasteiger partial charge < -0.3 is 14.3 Å². The maximum atomic E-state index is 13.2. The highest BCUT2D eigenvalue weighted by Crippen LogP contribution is 2.33. The van der Waals surface area contributed by atoms with Crippen molar-refractivity contribution in [2.24, 2.45) is 0 Å². The van der Waals surface area contributed by atoms with E-state index in [0.717, 1.165) is 56.0 Å². The number of aromatic nitrogens is 1. The van der Waals surface area contributed by atoms with Gasteiger partial charge in [-0.2, -0.15) is 0 Å². The van der Waals surface area contributed by atoms with Crippen LogP contribution in [0.25, 0.3) is 22.3 Å². The molecule has 1 atom stereocenters. The van der Waals surface area contributed by atoms with Gasteiger partial charge >= 0.3 is 0 Å². The number of rotatable bonds is 6. The molecule has 35 heavy (non-hydrogen) atoms. The molecule has 5 heteroatoms. The van der Waals surface area contributed by atoms with E-state index in [2.05, 4.69) is 54.7 Å². The third-order valence-corrected chi connectivity index (χ3v) is 6.40. The second kappa shape index (κ2) is 9.26. The third kappa shape index (κ3) is 4.62. The Hall–Kier alpha value is -4.12. The Morgan fingerprint density at radius 1 is 0.943 bits per heavy atom. The van der Waals surface area contributed by atoms with Crippen molar-refractivity contribution in [1.29, 1.82) is 0 Å². The summed E-state index contributed by atoms with van der Waals surface area (Å²) in [6.07, 6.45) is 0.274. The van der Waals surface area contributed by atoms with Crippen LogP contribution < -0.4 is 5.32 Å². The van der Waals surface area contributed by atoms with E-state index in [1.54, 1.807) is 0 Å². The summed E-state index contributed by atoms with van der Waals surface area (Å²) in [4.78, 5) is 13.2. The van der Waals surface area contributed by atoms with E-state index in [9.17, 15) is 4.79 Å². The number of aryl methyl sites for hydroxylation is 4. The van der Waals surface area contributed by atoms with Crippen molar-refractivity contribution < 1.29 is 13.7 Å². The first kappa shape index (κ1) is 22.7. The molecule has 0 aliphatic carbocycles. The molecule has 0 bridgehead atoms. The van der Waals surface area contributed by atoms with E-state index < -0.39 is 0 Å². The van der Waals surface area contributed by atoms with Gasteiger partial charge in [-0.15, -0.1) is 0 Å². The standard InChI is InChI=1S/C30H28N2O3/c1-18-10-12-25(19(2)14-18)30(23-8-6-5-7-9-23)31-28(33)16-22-11-13-26-24(15-22)17-27(34-26)29-20(3)32-35-21(29)4/h5-15,17,30H,16H2,1-4H3,(H,31,33). The smallest absolute Gasteiger partial charge is 0.225 e. The number of hydrogen-bond donors (Lipinski definition) is 1. The summed E-state index contributed by atoms with van der Waals surface area (Å²) in [5.41, 5.74) is 7.88. The van der Waals surface area contributed by atoms with Gasteiger partial charge in [0.05, 0.1) is 23.7 Å². The van der Waals surface area contributed by atoms with E-state index in [0.29, 0.717) is 0 Å². The number of nitrogens with zero attached hydrogens (tertiary/aromatic N) is 1. The van der Waals surface area contributed by atoms with E-state index in [1.807, 2.05) is 56.3 Å². The zero-order valence-electron chi connectivity index (χ0n) is 20.4. The average Bonchev–Trinajstić information content (AvgIpc) is 3.40. The molecule has 0 saturated heterocycles. The van der Waals surface area contributed by atoms with Crippen LogP contribution >= 0.6 is 0 Å². The molecule has 5 aromatic rings. The van der Waals surface area contributed by atoms with Crippen molar-refractivity contribution >= 4 is 16.9 Å². The molecule has 0 saturated carbocycles. The van der Waals surface area contributed by atoms with Gasteiger partial charge in [-0.25, -0.2) is 0 Å². The van der Waals surface area contributed by atoms with Gasteiger partial charge in [0.1, 0.15) is 17.1 Å². The number of fused-ring (bicyclic) bond motifs is 1. The molecule has 3 aromatic carbocycles. The van der Waals surface area contributed by atoms with Crippen LogP contribution in [0.15, 0.2) is 81.7 Å². The molecule has 0 fully saturated rings. The van der Waals surface area contributed by atoms with Crippen molar-refractivity contribution in [2.45, 2.75) is 40.2 Å². The van der Waals surface area contributed by atoms with E-state index in [4.69, 9.17) is 8.94 Å². The lowest BCUT2D eigenvalue weighted by molar-refractivity contribution is -0.120. The number of hydrogen-bond acceptors (Lipinski definition) is 4. The van der Waals surface area contributed by atoms with Gasteiger partial charge in [0.15, 0.2) is 0 Å². The topological polar surface area (TPSA) is 68.3 Å². The van der Waals surface area contributed by atoms with Gasteiger partial charge in [0.2, 0.25) is 5.91 Å². The fourth-order valence-electron chi connectivity index (χ4n) is 4.69. The minimum absolute atomic E-state index is 0.0346. The molecular weight excluding hydrogens is 436 g/mol. The van der Waals surface area contributed by atoms with Crippen LogP contribution in [0.4, 0.5) is 0 Å². The Balaban J connectivity index is 1.40. The van der Waals surface area contributed by atoms with Crippen LogP contribution in [0.2, 0.25) is 0 Å². The summed E-state index contributed by atoms with van der Waals surface area (Å²) in [6, 6.07) is 24.1. The minimum Gasteiger partial charge on any atom is -0.456 e. The van der Waals surface area contributed by atoms with Crippen LogP contribution in [0.3, 0.4) is 0 Å². The Kier molecular flexibility index (Phi) is 6.00. The van der Waals surface area contributed by atoms with Crippen LogP contribution in [0.5, 0.6) is 0 Å². The van der Waals surface area contributed by atoms with Crippen LogP contribution in [0, 0.1) is 27.7 Å². The summed E-state index contributed by atoms with van der Waals surface area (Å²) in [5.74, 6) is 1.41. The fraction of sp³-hybridized carbons (Fsp3) is 0.200. The molecule has 1 unspecified atom stereocenters. The van der Waals surface area contributed by atoms with Crippen molar-refractivity contribution in [3.8, 4) is 11.3 Å². The van der Waals surface area contributed by atoms with Crippen molar-refractivity contribution in [3.63, 3.8) is 0 Å². The highest BCUT2D eigenvalue weighted by atomic mass is 16.5. The number of carbonyl (C=O) groups is 1. The quantitative estimate of drug-likeness (QED) is 0.301. The second-order valence-electron chi connectivity index (χ2n) is 9.13. The van der Waals surface area contributed by atoms with Crippen LogP contribution in [-0.2, 0) is 11.2 Å². The summed E-state index contributed by atoms with van der Waals surface area (Å²) in [5, 5.41) is 8.23. The lowest BCUT2D eigenvalue weighted by Crippen LogP contribution is -2.31. The van der Waals surface area contributed by atoms with Crippen LogP contribution in [0.1, 0.15) is 45.3 Å². The Bertz CT molecular complexity index is 1490. The van der Waals surface area contributed by atoms with Gasteiger partial charge in [0, 0.05) is 5.39 Å². The highest BCUT2D eigenvalue weighted by molar-refractivity contribution is 5.86. The molecule has 0 spiro atoms. The van der Waals surface area contributed by atoms with Crippen LogP contribution in [-0.4, -0.2) is 11.1 Å². The van der Waals surface area contributed by atoms with E-state index in [-0.39, 0.29) is 18.4 Å². The molecule has 5 rings (SSSR count). The summed E-state index contributed by atoms with van der Waals surface area (Å²) < 4.78 is 11.3. The third-order valence-electron chi connectivity index (χ3n) is 6.40. The molecule has 0 aliphatic heterocycles. The second-order valence-corrected chi connectivity index (χ2v) is 9.13. The molecule has 1 amide bonds. The molecule has 0 aliphatic rings. The molecule has 1 N–H and O–H groups in total. The Labute approximate surface area is 204 Å². The summed E-state index contributed by atoms with van der Waals surface area (Å²) in [6.45, 7) is 7.94. The number of furan rings is 1. The zero-order valence-corrected chi connectivity index (χ0v) is 20.4. The lowest BCUT2D eigenvalue weighted by Gasteiger charge is -2.22. The molecule has 5 nitrogen and oxygen atoms in total.